The van der Waals surface area contributed by atoms with Gasteiger partial charge in [-0.05, 0) is 48.7 Å². The smallest absolute Gasteiger partial charge is 0.119 e. The maximum atomic E-state index is 6.30. The first-order valence-electron chi connectivity index (χ1n) is 6.11. The summed E-state index contributed by atoms with van der Waals surface area (Å²) in [6.45, 7) is 4.65. The summed E-state index contributed by atoms with van der Waals surface area (Å²) < 4.78 is 5.49. The minimum absolute atomic E-state index is 0.145. The van der Waals surface area contributed by atoms with Crippen LogP contribution in [-0.2, 0) is 0 Å². The van der Waals surface area contributed by atoms with Crippen LogP contribution in [0.1, 0.15) is 29.7 Å². The Balaban J connectivity index is 2.31. The summed E-state index contributed by atoms with van der Waals surface area (Å²) in [7, 11) is 0. The van der Waals surface area contributed by atoms with Gasteiger partial charge in [0.2, 0.25) is 0 Å². The van der Waals surface area contributed by atoms with Crippen molar-refractivity contribution in [3.8, 4) is 5.75 Å². The second-order valence-electron chi connectivity index (χ2n) is 4.22. The van der Waals surface area contributed by atoms with Crippen LogP contribution in [0, 0.1) is 6.92 Å². The maximum absolute atomic E-state index is 6.30. The summed E-state index contributed by atoms with van der Waals surface area (Å²) in [5.41, 5.74) is 9.55. The lowest BCUT2D eigenvalue weighted by Gasteiger charge is -2.15. The van der Waals surface area contributed by atoms with Gasteiger partial charge in [-0.3, -0.25) is 4.98 Å². The van der Waals surface area contributed by atoms with Crippen molar-refractivity contribution in [2.45, 2.75) is 19.9 Å². The van der Waals surface area contributed by atoms with E-state index in [9.17, 15) is 0 Å². The van der Waals surface area contributed by atoms with Crippen molar-refractivity contribution in [2.24, 2.45) is 5.73 Å². The predicted molar refractivity (Wildman–Crippen MR) is 72.6 cm³/mol. The third kappa shape index (κ3) is 2.68. The minimum atomic E-state index is -0.145. The highest BCUT2D eigenvalue weighted by molar-refractivity contribution is 5.38. The van der Waals surface area contributed by atoms with Gasteiger partial charge in [0, 0.05) is 12.4 Å². The number of aryl methyl sites for hydroxylation is 1. The van der Waals surface area contributed by atoms with E-state index in [1.807, 2.05) is 50.4 Å². The standard InChI is InChI=1S/C15H18N2O/c1-3-18-13-6-4-5-12(9-13)15(16)14-7-8-17-10-11(14)2/h4-10,15H,3,16H2,1-2H3. The minimum Gasteiger partial charge on any atom is -0.494 e. The molecule has 18 heavy (non-hydrogen) atoms. The van der Waals surface area contributed by atoms with Gasteiger partial charge in [0.05, 0.1) is 12.6 Å². The number of benzene rings is 1. The van der Waals surface area contributed by atoms with Crippen LogP contribution in [0.5, 0.6) is 5.75 Å². The Labute approximate surface area is 108 Å². The van der Waals surface area contributed by atoms with E-state index >= 15 is 0 Å². The van der Waals surface area contributed by atoms with Crippen LogP contribution in [0.3, 0.4) is 0 Å². The van der Waals surface area contributed by atoms with Crippen molar-refractivity contribution in [1.82, 2.24) is 4.98 Å². The molecule has 1 atom stereocenters. The van der Waals surface area contributed by atoms with E-state index in [1.165, 1.54) is 0 Å². The van der Waals surface area contributed by atoms with Gasteiger partial charge >= 0.3 is 0 Å². The summed E-state index contributed by atoms with van der Waals surface area (Å²) in [6, 6.07) is 9.75. The Morgan fingerprint density at radius 2 is 2.17 bits per heavy atom. The average molecular weight is 242 g/mol. The first kappa shape index (κ1) is 12.6. The number of nitrogens with zero attached hydrogens (tertiary/aromatic N) is 1. The number of hydrogen-bond acceptors (Lipinski definition) is 3. The van der Waals surface area contributed by atoms with Crippen molar-refractivity contribution in [3.63, 3.8) is 0 Å². The van der Waals surface area contributed by atoms with Crippen molar-refractivity contribution in [2.75, 3.05) is 6.61 Å². The van der Waals surface area contributed by atoms with E-state index in [4.69, 9.17) is 10.5 Å². The lowest BCUT2D eigenvalue weighted by Crippen LogP contribution is -2.13. The van der Waals surface area contributed by atoms with Crippen molar-refractivity contribution in [3.05, 3.63) is 59.4 Å². The molecule has 2 rings (SSSR count). The van der Waals surface area contributed by atoms with E-state index in [1.54, 1.807) is 6.20 Å². The van der Waals surface area contributed by atoms with Crippen LogP contribution < -0.4 is 10.5 Å². The number of ether oxygens (including phenoxy) is 1. The van der Waals surface area contributed by atoms with Gasteiger partial charge in [0.15, 0.2) is 0 Å². The van der Waals surface area contributed by atoms with Gasteiger partial charge < -0.3 is 10.5 Å². The molecule has 3 nitrogen and oxygen atoms in total. The Hall–Kier alpha value is -1.87. The first-order valence-corrected chi connectivity index (χ1v) is 6.11. The lowest BCUT2D eigenvalue weighted by molar-refractivity contribution is 0.340. The molecule has 3 heteroatoms. The molecule has 0 aliphatic rings. The number of pyridine rings is 1. The van der Waals surface area contributed by atoms with E-state index in [0.29, 0.717) is 6.61 Å². The van der Waals surface area contributed by atoms with Crippen LogP contribution in [-0.4, -0.2) is 11.6 Å². The van der Waals surface area contributed by atoms with E-state index in [-0.39, 0.29) is 6.04 Å². The molecule has 0 spiro atoms. The molecule has 0 saturated carbocycles. The molecular formula is C15H18N2O. The molecule has 0 aliphatic carbocycles. The molecule has 2 aromatic rings. The van der Waals surface area contributed by atoms with Crippen LogP contribution in [0.4, 0.5) is 0 Å². The maximum Gasteiger partial charge on any atom is 0.119 e. The van der Waals surface area contributed by atoms with Crippen LogP contribution >= 0.6 is 0 Å². The Bertz CT molecular complexity index is 525. The number of hydrogen-bond donors (Lipinski definition) is 1. The van der Waals surface area contributed by atoms with E-state index in [2.05, 4.69) is 4.98 Å². The third-order valence-electron chi connectivity index (χ3n) is 2.93. The normalized spacial score (nSPS) is 12.2. The second-order valence-corrected chi connectivity index (χ2v) is 4.22. The Kier molecular flexibility index (Phi) is 3.95. The largest absolute Gasteiger partial charge is 0.494 e. The molecule has 0 fully saturated rings. The number of nitrogens with two attached hydrogens (primary N) is 1. The van der Waals surface area contributed by atoms with Gasteiger partial charge in [0.1, 0.15) is 5.75 Å². The second kappa shape index (κ2) is 5.65. The summed E-state index contributed by atoms with van der Waals surface area (Å²) in [4.78, 5) is 4.09. The fraction of sp³-hybridized carbons (Fsp3) is 0.267. The lowest BCUT2D eigenvalue weighted by atomic mass is 9.97. The fourth-order valence-electron chi connectivity index (χ4n) is 1.98. The van der Waals surface area contributed by atoms with Gasteiger partial charge in [-0.15, -0.1) is 0 Å². The quantitative estimate of drug-likeness (QED) is 0.896. The molecule has 0 saturated heterocycles. The third-order valence-corrected chi connectivity index (χ3v) is 2.93. The molecule has 2 N–H and O–H groups in total. The number of aromatic nitrogens is 1. The highest BCUT2D eigenvalue weighted by Gasteiger charge is 2.11. The fourth-order valence-corrected chi connectivity index (χ4v) is 1.98. The molecule has 0 bridgehead atoms. The zero-order valence-electron chi connectivity index (χ0n) is 10.8. The van der Waals surface area contributed by atoms with Crippen molar-refractivity contribution >= 4 is 0 Å². The van der Waals surface area contributed by atoms with Gasteiger partial charge in [-0.25, -0.2) is 0 Å². The molecule has 0 amide bonds. The predicted octanol–water partition coefficient (Wildman–Crippen LogP) is 2.84. The Morgan fingerprint density at radius 1 is 1.33 bits per heavy atom. The van der Waals surface area contributed by atoms with Crippen molar-refractivity contribution in [1.29, 1.82) is 0 Å². The zero-order valence-corrected chi connectivity index (χ0v) is 10.8. The monoisotopic (exact) mass is 242 g/mol. The van der Waals surface area contributed by atoms with Crippen LogP contribution in [0.2, 0.25) is 0 Å². The SMILES string of the molecule is CCOc1cccc(C(N)c2ccncc2C)c1. The van der Waals surface area contributed by atoms with Gasteiger partial charge in [-0.1, -0.05) is 12.1 Å². The molecule has 1 unspecified atom stereocenters. The molecule has 1 aromatic carbocycles. The Morgan fingerprint density at radius 3 is 2.89 bits per heavy atom. The molecule has 0 radical (unpaired) electrons. The molecule has 94 valence electrons. The molecule has 1 aromatic heterocycles. The highest BCUT2D eigenvalue weighted by Crippen LogP contribution is 2.24. The van der Waals surface area contributed by atoms with Crippen LogP contribution in [0.25, 0.3) is 0 Å². The first-order chi connectivity index (χ1) is 8.72. The van der Waals surface area contributed by atoms with Gasteiger partial charge in [0.25, 0.3) is 0 Å². The summed E-state index contributed by atoms with van der Waals surface area (Å²) >= 11 is 0. The summed E-state index contributed by atoms with van der Waals surface area (Å²) in [6.07, 6.45) is 3.61. The topological polar surface area (TPSA) is 48.1 Å². The van der Waals surface area contributed by atoms with Crippen molar-refractivity contribution < 1.29 is 4.74 Å². The zero-order chi connectivity index (χ0) is 13.0. The van der Waals surface area contributed by atoms with Crippen LogP contribution in [0.15, 0.2) is 42.7 Å². The average Bonchev–Trinajstić information content (AvgIpc) is 2.39. The molecule has 0 aliphatic heterocycles. The van der Waals surface area contributed by atoms with Gasteiger partial charge in [-0.2, -0.15) is 0 Å². The summed E-state index contributed by atoms with van der Waals surface area (Å²) in [5, 5.41) is 0. The summed E-state index contributed by atoms with van der Waals surface area (Å²) in [5.74, 6) is 0.858. The number of rotatable bonds is 4. The van der Waals surface area contributed by atoms with E-state index in [0.717, 1.165) is 22.4 Å². The van der Waals surface area contributed by atoms with E-state index < -0.39 is 0 Å². The highest BCUT2D eigenvalue weighted by atomic mass is 16.5. The molecule has 1 heterocycles. The molecular weight excluding hydrogens is 224 g/mol.